The summed E-state index contributed by atoms with van der Waals surface area (Å²) >= 11 is 0. The van der Waals surface area contributed by atoms with E-state index in [2.05, 4.69) is 105 Å². The van der Waals surface area contributed by atoms with Gasteiger partial charge in [-0.1, -0.05) is 74.9 Å². The molecule has 0 atom stereocenters. The molecule has 0 N–H and O–H groups in total. The van der Waals surface area contributed by atoms with Crippen molar-refractivity contribution < 1.29 is 0 Å². The van der Waals surface area contributed by atoms with E-state index in [0.717, 1.165) is 5.92 Å². The first-order chi connectivity index (χ1) is 12.7. The Morgan fingerprint density at radius 3 is 1.31 bits per heavy atom. The third-order valence-corrected chi connectivity index (χ3v) is 9.64. The second-order valence-corrected chi connectivity index (χ2v) is 11.0. The van der Waals surface area contributed by atoms with Crippen LogP contribution in [-0.4, -0.2) is 6.16 Å². The van der Waals surface area contributed by atoms with Crippen LogP contribution in [0.5, 0.6) is 0 Å². The Morgan fingerprint density at radius 1 is 0.577 bits per heavy atom. The maximum atomic E-state index is 2.34. The molecular formula is C25H30P+. The quantitative estimate of drug-likeness (QED) is 0.351. The first-order valence-electron chi connectivity index (χ1n) is 9.78. The zero-order valence-corrected chi connectivity index (χ0v) is 16.9. The molecule has 0 saturated heterocycles. The lowest BCUT2D eigenvalue weighted by atomic mass is 10.1. The third kappa shape index (κ3) is 4.25. The Labute approximate surface area is 159 Å². The van der Waals surface area contributed by atoms with Crippen molar-refractivity contribution in [3.8, 4) is 0 Å². The normalized spacial score (nSPS) is 11.7. The summed E-state index contributed by atoms with van der Waals surface area (Å²) in [6, 6.07) is 33.6. The van der Waals surface area contributed by atoms with E-state index >= 15 is 0 Å². The van der Waals surface area contributed by atoms with Crippen molar-refractivity contribution in [3.63, 3.8) is 0 Å². The van der Waals surface area contributed by atoms with Crippen molar-refractivity contribution >= 4 is 23.2 Å². The third-order valence-electron chi connectivity index (χ3n) is 5.12. The summed E-state index contributed by atoms with van der Waals surface area (Å²) in [6.45, 7) is 4.65. The Kier molecular flexibility index (Phi) is 6.64. The van der Waals surface area contributed by atoms with Crippen molar-refractivity contribution in [2.75, 3.05) is 6.16 Å². The Hall–Kier alpha value is -1.91. The van der Waals surface area contributed by atoms with Gasteiger partial charge in [-0.05, 0) is 55.2 Å². The van der Waals surface area contributed by atoms with Crippen LogP contribution >= 0.6 is 7.26 Å². The van der Waals surface area contributed by atoms with Gasteiger partial charge in [0, 0.05) is 0 Å². The Balaban J connectivity index is 2.09. The summed E-state index contributed by atoms with van der Waals surface area (Å²) in [4.78, 5) is 0. The highest BCUT2D eigenvalue weighted by atomic mass is 31.2. The summed E-state index contributed by atoms with van der Waals surface area (Å²) in [5.41, 5.74) is 0. The number of hydrogen-bond donors (Lipinski definition) is 0. The molecule has 0 nitrogen and oxygen atoms in total. The summed E-state index contributed by atoms with van der Waals surface area (Å²) in [5, 5.41) is 4.51. The zero-order chi connectivity index (χ0) is 18.2. The molecule has 0 aliphatic heterocycles. The van der Waals surface area contributed by atoms with Gasteiger partial charge >= 0.3 is 0 Å². The molecule has 0 saturated carbocycles. The molecule has 3 aromatic rings. The Bertz CT molecular complexity index is 666. The lowest BCUT2D eigenvalue weighted by molar-refractivity contribution is 0.551. The maximum Gasteiger partial charge on any atom is 0.112 e. The smallest absolute Gasteiger partial charge is 0.0628 e. The molecule has 0 heterocycles. The van der Waals surface area contributed by atoms with Crippen molar-refractivity contribution in [1.82, 2.24) is 0 Å². The van der Waals surface area contributed by atoms with E-state index in [4.69, 9.17) is 0 Å². The van der Waals surface area contributed by atoms with E-state index < -0.39 is 7.26 Å². The highest BCUT2D eigenvalue weighted by Gasteiger charge is 2.44. The Morgan fingerprint density at radius 2 is 0.962 bits per heavy atom. The minimum Gasteiger partial charge on any atom is -0.0628 e. The van der Waals surface area contributed by atoms with Crippen molar-refractivity contribution in [2.24, 2.45) is 5.92 Å². The molecule has 26 heavy (non-hydrogen) atoms. The van der Waals surface area contributed by atoms with Crippen LogP contribution in [0.1, 0.15) is 33.1 Å². The van der Waals surface area contributed by atoms with Gasteiger partial charge in [0.1, 0.15) is 23.2 Å². The van der Waals surface area contributed by atoms with Gasteiger partial charge in [-0.2, -0.15) is 0 Å². The molecule has 0 fully saturated rings. The maximum absolute atomic E-state index is 2.34. The van der Waals surface area contributed by atoms with Crippen LogP contribution in [0.25, 0.3) is 0 Å². The molecule has 134 valence electrons. The zero-order valence-electron chi connectivity index (χ0n) is 16.0. The molecule has 0 spiro atoms. The van der Waals surface area contributed by atoms with Gasteiger partial charge in [0.15, 0.2) is 0 Å². The van der Waals surface area contributed by atoms with Crippen molar-refractivity contribution in [3.05, 3.63) is 91.0 Å². The highest BCUT2D eigenvalue weighted by Crippen LogP contribution is 2.55. The SMILES string of the molecule is CC(C)CCCC[P+](c1ccccc1)(c1ccccc1)c1ccccc1. The van der Waals surface area contributed by atoms with Crippen LogP contribution in [0, 0.1) is 5.92 Å². The van der Waals surface area contributed by atoms with E-state index in [0.29, 0.717) is 0 Å². The molecule has 0 amide bonds. The molecule has 0 aliphatic carbocycles. The van der Waals surface area contributed by atoms with Gasteiger partial charge in [0.25, 0.3) is 0 Å². The predicted molar refractivity (Wildman–Crippen MR) is 119 cm³/mol. The van der Waals surface area contributed by atoms with E-state index in [-0.39, 0.29) is 0 Å². The van der Waals surface area contributed by atoms with Crippen LogP contribution in [0.2, 0.25) is 0 Å². The standard InChI is InChI=1S/C25H30P/c1-22(2)14-12-13-21-26(23-15-6-3-7-16-23,24-17-8-4-9-18-24)25-19-10-5-11-20-25/h3-11,15-20,22H,12-14,21H2,1-2H3/q+1. The molecule has 0 aliphatic rings. The predicted octanol–water partition coefficient (Wildman–Crippen LogP) is 5.81. The molecule has 0 aromatic heterocycles. The second kappa shape index (κ2) is 9.15. The number of unbranched alkanes of at least 4 members (excludes halogenated alkanes) is 1. The van der Waals surface area contributed by atoms with Crippen LogP contribution in [0.3, 0.4) is 0 Å². The van der Waals surface area contributed by atoms with Gasteiger partial charge < -0.3 is 0 Å². The average Bonchev–Trinajstić information content (AvgIpc) is 2.70. The van der Waals surface area contributed by atoms with E-state index in [1.54, 1.807) is 0 Å². The molecule has 3 rings (SSSR count). The summed E-state index contributed by atoms with van der Waals surface area (Å²) in [7, 11) is -1.61. The van der Waals surface area contributed by atoms with E-state index in [1.807, 2.05) is 0 Å². The van der Waals surface area contributed by atoms with Crippen molar-refractivity contribution in [1.29, 1.82) is 0 Å². The molecule has 1 heteroatoms. The van der Waals surface area contributed by atoms with Gasteiger partial charge in [-0.3, -0.25) is 0 Å². The highest BCUT2D eigenvalue weighted by molar-refractivity contribution is 7.95. The second-order valence-electron chi connectivity index (χ2n) is 7.43. The largest absolute Gasteiger partial charge is 0.112 e. The molecule has 0 unspecified atom stereocenters. The van der Waals surface area contributed by atoms with Crippen LogP contribution in [0.15, 0.2) is 91.0 Å². The van der Waals surface area contributed by atoms with Gasteiger partial charge in [-0.25, -0.2) is 0 Å². The summed E-state index contributed by atoms with van der Waals surface area (Å²) in [6.07, 6.45) is 5.16. The fraction of sp³-hybridized carbons (Fsp3) is 0.280. The van der Waals surface area contributed by atoms with Crippen LogP contribution in [0.4, 0.5) is 0 Å². The topological polar surface area (TPSA) is 0 Å². The fourth-order valence-electron chi connectivity index (χ4n) is 3.78. The lowest BCUT2D eigenvalue weighted by Gasteiger charge is -2.27. The number of benzene rings is 3. The van der Waals surface area contributed by atoms with E-state index in [1.165, 1.54) is 41.3 Å². The van der Waals surface area contributed by atoms with Crippen molar-refractivity contribution in [2.45, 2.75) is 33.1 Å². The van der Waals surface area contributed by atoms with Crippen LogP contribution < -0.4 is 15.9 Å². The molecular weight excluding hydrogens is 331 g/mol. The van der Waals surface area contributed by atoms with Crippen LogP contribution in [-0.2, 0) is 0 Å². The average molecular weight is 361 g/mol. The first-order valence-corrected chi connectivity index (χ1v) is 11.8. The lowest BCUT2D eigenvalue weighted by Crippen LogP contribution is -2.33. The number of hydrogen-bond acceptors (Lipinski definition) is 0. The van der Waals surface area contributed by atoms with Gasteiger partial charge in [0.05, 0.1) is 6.16 Å². The first kappa shape index (κ1) is 18.9. The van der Waals surface area contributed by atoms with E-state index in [9.17, 15) is 0 Å². The van der Waals surface area contributed by atoms with Gasteiger partial charge in [0.2, 0.25) is 0 Å². The molecule has 0 bridgehead atoms. The van der Waals surface area contributed by atoms with Gasteiger partial charge in [-0.15, -0.1) is 0 Å². The number of rotatable bonds is 8. The molecule has 0 radical (unpaired) electrons. The summed E-state index contributed by atoms with van der Waals surface area (Å²) in [5.74, 6) is 0.785. The summed E-state index contributed by atoms with van der Waals surface area (Å²) < 4.78 is 0. The minimum absolute atomic E-state index is 0.785. The molecule has 3 aromatic carbocycles. The monoisotopic (exact) mass is 361 g/mol. The fourth-order valence-corrected chi connectivity index (χ4v) is 8.19. The minimum atomic E-state index is -1.61.